The number of imide groups is 1. The average molecular weight is 538 g/mol. The number of carbonyl (C=O) groups is 3. The van der Waals surface area contributed by atoms with Crippen LogP contribution in [0.15, 0.2) is 42.6 Å². The minimum Gasteiger partial charge on any atom is -0.448 e. The summed E-state index contributed by atoms with van der Waals surface area (Å²) in [5, 5.41) is 2.55. The number of rotatable bonds is 10. The van der Waals surface area contributed by atoms with Crippen molar-refractivity contribution in [2.45, 2.75) is 46.1 Å². The molecule has 0 saturated carbocycles. The molecule has 0 atom stereocenters. The summed E-state index contributed by atoms with van der Waals surface area (Å²) in [6, 6.07) is 7.02. The molecule has 0 spiro atoms. The molecule has 3 rings (SSSR count). The van der Waals surface area contributed by atoms with Gasteiger partial charge in [-0.25, -0.2) is 19.5 Å². The molecule has 0 bridgehead atoms. The third kappa shape index (κ3) is 6.91. The molecule has 1 aromatic carbocycles. The minimum absolute atomic E-state index is 0.0115. The van der Waals surface area contributed by atoms with Crippen molar-refractivity contribution >= 4 is 29.5 Å². The second-order valence-electron chi connectivity index (χ2n) is 8.95. The summed E-state index contributed by atoms with van der Waals surface area (Å²) in [5.41, 5.74) is -0.559. The van der Waals surface area contributed by atoms with Gasteiger partial charge in [-0.3, -0.25) is 10.1 Å². The Morgan fingerprint density at radius 3 is 2.37 bits per heavy atom. The van der Waals surface area contributed by atoms with E-state index >= 15 is 0 Å². The van der Waals surface area contributed by atoms with Gasteiger partial charge in [0.25, 0.3) is 5.91 Å². The van der Waals surface area contributed by atoms with Crippen LogP contribution in [0.4, 0.5) is 34.3 Å². The lowest BCUT2D eigenvalue weighted by Gasteiger charge is -2.27. The standard InChI is InChI=1S/C25H30F3N5O5/c1-5-31(6-2)13-14-37-22(35)30-20-15-17(11-12-29-20)16-32-23(36)33(21(34)24(32,3)4)18-7-9-19(10-8-18)38-25(26,27)28/h7-12,15H,5-6,13-14,16H2,1-4H3,(H,29,30,35). The summed E-state index contributed by atoms with van der Waals surface area (Å²) in [6.07, 6.45) is -4.08. The van der Waals surface area contributed by atoms with Gasteiger partial charge in [0.1, 0.15) is 23.7 Å². The number of aromatic nitrogens is 1. The van der Waals surface area contributed by atoms with E-state index in [1.165, 1.54) is 23.2 Å². The number of nitrogens with one attached hydrogen (secondary N) is 1. The van der Waals surface area contributed by atoms with E-state index in [4.69, 9.17) is 4.74 Å². The van der Waals surface area contributed by atoms with Crippen molar-refractivity contribution in [1.82, 2.24) is 14.8 Å². The molecule has 0 radical (unpaired) electrons. The van der Waals surface area contributed by atoms with Crippen molar-refractivity contribution in [3.63, 3.8) is 0 Å². The van der Waals surface area contributed by atoms with E-state index in [0.29, 0.717) is 12.1 Å². The van der Waals surface area contributed by atoms with Gasteiger partial charge in [0.05, 0.1) is 5.69 Å². The number of urea groups is 1. The lowest BCUT2D eigenvalue weighted by molar-refractivity contribution is -0.274. The topological polar surface area (TPSA) is 104 Å². The van der Waals surface area contributed by atoms with Crippen LogP contribution in [0.1, 0.15) is 33.3 Å². The van der Waals surface area contributed by atoms with Gasteiger partial charge in [-0.05, 0) is 68.9 Å². The van der Waals surface area contributed by atoms with Crippen LogP contribution in [0.2, 0.25) is 0 Å². The van der Waals surface area contributed by atoms with Crippen LogP contribution >= 0.6 is 0 Å². The number of hydrogen-bond acceptors (Lipinski definition) is 7. The number of nitrogens with zero attached hydrogens (tertiary/aromatic N) is 4. The quantitative estimate of drug-likeness (QED) is 0.441. The summed E-state index contributed by atoms with van der Waals surface area (Å²) in [6.45, 7) is 9.68. The Morgan fingerprint density at radius 1 is 1.11 bits per heavy atom. The normalized spacial score (nSPS) is 15.3. The predicted molar refractivity (Wildman–Crippen MR) is 133 cm³/mol. The molecule has 1 aromatic heterocycles. The van der Waals surface area contributed by atoms with Crippen LogP contribution in [0, 0.1) is 0 Å². The fraction of sp³-hybridized carbons (Fsp3) is 0.440. The maximum atomic E-state index is 13.2. The summed E-state index contributed by atoms with van der Waals surface area (Å²) >= 11 is 0. The van der Waals surface area contributed by atoms with Gasteiger partial charge < -0.3 is 19.3 Å². The molecule has 4 amide bonds. The molecule has 1 saturated heterocycles. The van der Waals surface area contributed by atoms with Crippen LogP contribution < -0.4 is 15.0 Å². The lowest BCUT2D eigenvalue weighted by Crippen LogP contribution is -2.43. The molecule has 0 unspecified atom stereocenters. The smallest absolute Gasteiger partial charge is 0.448 e. The Labute approximate surface area is 218 Å². The second kappa shape index (κ2) is 11.7. The first-order chi connectivity index (χ1) is 17.9. The van der Waals surface area contributed by atoms with E-state index in [1.807, 2.05) is 13.8 Å². The van der Waals surface area contributed by atoms with Gasteiger partial charge in [0, 0.05) is 19.3 Å². The van der Waals surface area contributed by atoms with Crippen molar-refractivity contribution in [2.24, 2.45) is 0 Å². The molecule has 1 aliphatic rings. The molecule has 2 aromatic rings. The zero-order chi connectivity index (χ0) is 28.1. The molecular formula is C25H30F3N5O5. The lowest BCUT2D eigenvalue weighted by atomic mass is 10.0. The van der Waals surface area contributed by atoms with E-state index in [1.54, 1.807) is 26.0 Å². The molecular weight excluding hydrogens is 507 g/mol. The molecule has 0 aliphatic carbocycles. The number of hydrogen-bond donors (Lipinski definition) is 1. The van der Waals surface area contributed by atoms with Gasteiger partial charge in [-0.1, -0.05) is 13.8 Å². The number of anilines is 2. The van der Waals surface area contributed by atoms with Gasteiger partial charge in [0.15, 0.2) is 0 Å². The Kier molecular flexibility index (Phi) is 8.82. The Hall–Kier alpha value is -3.87. The zero-order valence-corrected chi connectivity index (χ0v) is 21.5. The molecule has 2 heterocycles. The fourth-order valence-electron chi connectivity index (χ4n) is 3.90. The second-order valence-corrected chi connectivity index (χ2v) is 8.95. The Bertz CT molecular complexity index is 1150. The largest absolute Gasteiger partial charge is 0.573 e. The zero-order valence-electron chi connectivity index (χ0n) is 21.5. The number of pyridine rings is 1. The van der Waals surface area contributed by atoms with Crippen LogP contribution in [0.5, 0.6) is 5.75 Å². The average Bonchev–Trinajstić information content (AvgIpc) is 3.01. The third-order valence-electron chi connectivity index (χ3n) is 6.08. The first-order valence-electron chi connectivity index (χ1n) is 12.0. The molecule has 38 heavy (non-hydrogen) atoms. The van der Waals surface area contributed by atoms with Gasteiger partial charge in [-0.15, -0.1) is 13.2 Å². The van der Waals surface area contributed by atoms with Crippen molar-refractivity contribution in [2.75, 3.05) is 36.5 Å². The summed E-state index contributed by atoms with van der Waals surface area (Å²) in [7, 11) is 0. The number of ether oxygens (including phenoxy) is 2. The third-order valence-corrected chi connectivity index (χ3v) is 6.08. The van der Waals surface area contributed by atoms with Crippen LogP contribution in [0.25, 0.3) is 0 Å². The number of carbonyl (C=O) groups excluding carboxylic acids is 3. The van der Waals surface area contributed by atoms with Gasteiger partial charge in [0.2, 0.25) is 0 Å². The van der Waals surface area contributed by atoms with Crippen molar-refractivity contribution in [3.8, 4) is 5.75 Å². The molecule has 1 aliphatic heterocycles. The van der Waals surface area contributed by atoms with E-state index < -0.39 is 35.7 Å². The van der Waals surface area contributed by atoms with Crippen LogP contribution in [-0.4, -0.2) is 71.0 Å². The van der Waals surface area contributed by atoms with Crippen molar-refractivity contribution in [3.05, 3.63) is 48.2 Å². The predicted octanol–water partition coefficient (Wildman–Crippen LogP) is 4.62. The monoisotopic (exact) mass is 537 g/mol. The molecule has 1 N–H and O–H groups in total. The van der Waals surface area contributed by atoms with Crippen molar-refractivity contribution in [1.29, 1.82) is 0 Å². The number of halogens is 3. The first-order valence-corrected chi connectivity index (χ1v) is 12.0. The van der Waals surface area contributed by atoms with E-state index in [0.717, 1.165) is 30.1 Å². The number of amides is 4. The van der Waals surface area contributed by atoms with Crippen molar-refractivity contribution < 1.29 is 37.0 Å². The maximum Gasteiger partial charge on any atom is 0.573 e. The molecule has 10 nitrogen and oxygen atoms in total. The van der Waals surface area contributed by atoms with E-state index in [-0.39, 0.29) is 24.7 Å². The molecule has 13 heteroatoms. The maximum absolute atomic E-state index is 13.2. The number of likely N-dealkylation sites (N-methyl/N-ethyl adjacent to an activating group) is 1. The van der Waals surface area contributed by atoms with Crippen LogP contribution in [0.3, 0.4) is 0 Å². The molecule has 206 valence electrons. The highest BCUT2D eigenvalue weighted by Crippen LogP contribution is 2.34. The highest BCUT2D eigenvalue weighted by atomic mass is 19.4. The Morgan fingerprint density at radius 2 is 1.76 bits per heavy atom. The van der Waals surface area contributed by atoms with Gasteiger partial charge in [-0.2, -0.15) is 0 Å². The highest BCUT2D eigenvalue weighted by Gasteiger charge is 2.51. The first kappa shape index (κ1) is 28.7. The molecule has 1 fully saturated rings. The fourth-order valence-corrected chi connectivity index (χ4v) is 3.90. The van der Waals surface area contributed by atoms with Gasteiger partial charge >= 0.3 is 18.5 Å². The number of alkyl halides is 3. The highest BCUT2D eigenvalue weighted by molar-refractivity contribution is 6.22. The van der Waals surface area contributed by atoms with E-state index in [9.17, 15) is 27.6 Å². The minimum atomic E-state index is -4.86. The SMILES string of the molecule is CCN(CC)CCOC(=O)Nc1cc(CN2C(=O)N(c3ccc(OC(F)(F)F)cc3)C(=O)C2(C)C)ccn1. The van der Waals surface area contributed by atoms with E-state index in [2.05, 4.69) is 19.9 Å². The summed E-state index contributed by atoms with van der Waals surface area (Å²) < 4.78 is 46.4. The summed E-state index contributed by atoms with van der Waals surface area (Å²) in [5.74, 6) is -0.806. The summed E-state index contributed by atoms with van der Waals surface area (Å²) in [4.78, 5) is 47.0. The van der Waals surface area contributed by atoms with Crippen LogP contribution in [-0.2, 0) is 16.1 Å². The Balaban J connectivity index is 1.68. The number of benzene rings is 1.